The number of aliphatic carboxylic acids is 1. The summed E-state index contributed by atoms with van der Waals surface area (Å²) in [6.45, 7) is 0.864. The van der Waals surface area contributed by atoms with Gasteiger partial charge in [-0.15, -0.1) is 0 Å². The van der Waals surface area contributed by atoms with E-state index >= 15 is 0 Å². The molecular formula is C8H13N3O5. The average Bonchev–Trinajstić information content (AvgIpc) is 2.12. The lowest BCUT2D eigenvalue weighted by Gasteiger charge is -2.12. The average molecular weight is 231 g/mol. The molecule has 0 aliphatic carbocycles. The van der Waals surface area contributed by atoms with Crippen molar-refractivity contribution in [1.82, 2.24) is 10.6 Å². The molecule has 0 saturated carbocycles. The minimum absolute atomic E-state index is 0.349. The highest BCUT2D eigenvalue weighted by atomic mass is 16.4. The van der Waals surface area contributed by atoms with Gasteiger partial charge in [0.25, 0.3) is 0 Å². The van der Waals surface area contributed by atoms with Gasteiger partial charge in [-0.1, -0.05) is 0 Å². The maximum atomic E-state index is 11.1. The van der Waals surface area contributed by atoms with Gasteiger partial charge in [0, 0.05) is 6.92 Å². The first-order valence-electron chi connectivity index (χ1n) is 4.38. The molecular weight excluding hydrogens is 218 g/mol. The van der Waals surface area contributed by atoms with Crippen molar-refractivity contribution >= 4 is 23.7 Å². The van der Waals surface area contributed by atoms with E-state index in [2.05, 4.69) is 5.32 Å². The van der Waals surface area contributed by atoms with E-state index in [1.54, 1.807) is 0 Å². The van der Waals surface area contributed by atoms with Gasteiger partial charge in [0.15, 0.2) is 0 Å². The van der Waals surface area contributed by atoms with E-state index in [1.165, 1.54) is 6.92 Å². The van der Waals surface area contributed by atoms with Crippen LogP contribution in [0.5, 0.6) is 0 Å². The van der Waals surface area contributed by atoms with Crippen molar-refractivity contribution in [2.45, 2.75) is 19.4 Å². The third-order valence-electron chi connectivity index (χ3n) is 1.54. The second kappa shape index (κ2) is 6.38. The standard InChI is InChI=1S/C8H13N3O5/c1-4(12)10-3-7(14)11-5(8(15)16)2-6(9)13/h5H,2-3H2,1H3,(H2,9,13)(H,10,12)(H,11,14)(H,15,16). The number of carbonyl (C=O) groups excluding carboxylic acids is 3. The third-order valence-corrected chi connectivity index (χ3v) is 1.54. The minimum Gasteiger partial charge on any atom is -0.480 e. The fourth-order valence-corrected chi connectivity index (χ4v) is 0.851. The van der Waals surface area contributed by atoms with Gasteiger partial charge in [-0.2, -0.15) is 0 Å². The van der Waals surface area contributed by atoms with E-state index in [-0.39, 0.29) is 6.54 Å². The fourth-order valence-electron chi connectivity index (χ4n) is 0.851. The van der Waals surface area contributed by atoms with E-state index in [9.17, 15) is 19.2 Å². The van der Waals surface area contributed by atoms with Crippen LogP contribution < -0.4 is 16.4 Å². The van der Waals surface area contributed by atoms with Crippen LogP contribution in [0.4, 0.5) is 0 Å². The Bertz CT molecular complexity index is 315. The van der Waals surface area contributed by atoms with Crippen molar-refractivity contribution in [3.05, 3.63) is 0 Å². The number of carboxylic acids is 1. The highest BCUT2D eigenvalue weighted by Gasteiger charge is 2.21. The van der Waals surface area contributed by atoms with Crippen molar-refractivity contribution in [2.24, 2.45) is 5.73 Å². The van der Waals surface area contributed by atoms with Crippen LogP contribution in [0.2, 0.25) is 0 Å². The zero-order valence-electron chi connectivity index (χ0n) is 8.65. The Morgan fingerprint density at radius 3 is 2.25 bits per heavy atom. The Kier molecular flexibility index (Phi) is 5.53. The first-order valence-corrected chi connectivity index (χ1v) is 4.38. The molecule has 0 fully saturated rings. The van der Waals surface area contributed by atoms with Crippen molar-refractivity contribution in [1.29, 1.82) is 0 Å². The fraction of sp³-hybridized carbons (Fsp3) is 0.500. The molecule has 0 aliphatic rings. The van der Waals surface area contributed by atoms with E-state index < -0.39 is 36.2 Å². The van der Waals surface area contributed by atoms with Crippen LogP contribution in [0, 0.1) is 0 Å². The summed E-state index contributed by atoms with van der Waals surface area (Å²) in [7, 11) is 0. The summed E-state index contributed by atoms with van der Waals surface area (Å²) in [6.07, 6.45) is -0.499. The Balaban J connectivity index is 4.18. The van der Waals surface area contributed by atoms with Crippen LogP contribution in [0.15, 0.2) is 0 Å². The van der Waals surface area contributed by atoms with Gasteiger partial charge < -0.3 is 21.5 Å². The Hall–Kier alpha value is -2.12. The van der Waals surface area contributed by atoms with Crippen molar-refractivity contribution in [3.8, 4) is 0 Å². The maximum Gasteiger partial charge on any atom is 0.326 e. The monoisotopic (exact) mass is 231 g/mol. The molecule has 0 bridgehead atoms. The SMILES string of the molecule is CC(=O)NCC(=O)NC(CC(N)=O)C(=O)O. The molecule has 0 rings (SSSR count). The van der Waals surface area contributed by atoms with E-state index in [1.807, 2.05) is 5.32 Å². The molecule has 5 N–H and O–H groups in total. The summed E-state index contributed by atoms with van der Waals surface area (Å²) in [5.41, 5.74) is 4.81. The molecule has 1 atom stereocenters. The number of carboxylic acid groups (broad SMARTS) is 1. The molecule has 16 heavy (non-hydrogen) atoms. The summed E-state index contributed by atoms with van der Waals surface area (Å²) in [5.74, 6) is -3.33. The molecule has 8 nitrogen and oxygen atoms in total. The lowest BCUT2D eigenvalue weighted by atomic mass is 10.2. The second-order valence-corrected chi connectivity index (χ2v) is 3.04. The number of amides is 3. The van der Waals surface area contributed by atoms with Crippen LogP contribution >= 0.6 is 0 Å². The van der Waals surface area contributed by atoms with Crippen molar-refractivity contribution in [2.75, 3.05) is 6.54 Å². The Morgan fingerprint density at radius 1 is 1.31 bits per heavy atom. The van der Waals surface area contributed by atoms with Crippen molar-refractivity contribution in [3.63, 3.8) is 0 Å². The van der Waals surface area contributed by atoms with Gasteiger partial charge >= 0.3 is 5.97 Å². The number of carbonyl (C=O) groups is 4. The number of nitrogens with one attached hydrogen (secondary N) is 2. The molecule has 1 unspecified atom stereocenters. The highest BCUT2D eigenvalue weighted by Crippen LogP contribution is 1.91. The second-order valence-electron chi connectivity index (χ2n) is 3.04. The zero-order valence-corrected chi connectivity index (χ0v) is 8.65. The molecule has 8 heteroatoms. The first kappa shape index (κ1) is 13.9. The van der Waals surface area contributed by atoms with Crippen LogP contribution in [-0.4, -0.2) is 41.4 Å². The molecule has 0 aromatic heterocycles. The molecule has 0 aliphatic heterocycles. The van der Waals surface area contributed by atoms with E-state index in [4.69, 9.17) is 10.8 Å². The van der Waals surface area contributed by atoms with E-state index in [0.717, 1.165) is 0 Å². The van der Waals surface area contributed by atoms with E-state index in [0.29, 0.717) is 0 Å². The Morgan fingerprint density at radius 2 is 1.88 bits per heavy atom. The van der Waals surface area contributed by atoms with Gasteiger partial charge in [-0.3, -0.25) is 14.4 Å². The third kappa shape index (κ3) is 6.35. The zero-order chi connectivity index (χ0) is 12.7. The number of hydrogen-bond donors (Lipinski definition) is 4. The molecule has 3 amide bonds. The number of hydrogen-bond acceptors (Lipinski definition) is 4. The largest absolute Gasteiger partial charge is 0.480 e. The number of rotatable bonds is 6. The number of primary amides is 1. The summed E-state index contributed by atoms with van der Waals surface area (Å²) in [5, 5.41) is 12.9. The topological polar surface area (TPSA) is 139 Å². The van der Waals surface area contributed by atoms with Gasteiger partial charge in [-0.25, -0.2) is 4.79 Å². The first-order chi connectivity index (χ1) is 7.32. The molecule has 0 heterocycles. The molecule has 0 aromatic carbocycles. The maximum absolute atomic E-state index is 11.1. The summed E-state index contributed by atoms with van der Waals surface area (Å²) < 4.78 is 0. The van der Waals surface area contributed by atoms with Crippen LogP contribution in [0.25, 0.3) is 0 Å². The number of nitrogens with two attached hydrogens (primary N) is 1. The predicted octanol–water partition coefficient (Wildman–Crippen LogP) is -2.43. The summed E-state index contributed by atoms with van der Waals surface area (Å²) >= 11 is 0. The highest BCUT2D eigenvalue weighted by molar-refractivity contribution is 5.90. The van der Waals surface area contributed by atoms with Gasteiger partial charge in [0.1, 0.15) is 6.04 Å². The van der Waals surface area contributed by atoms with Crippen LogP contribution in [0.1, 0.15) is 13.3 Å². The quantitative estimate of drug-likeness (QED) is 0.402. The van der Waals surface area contributed by atoms with Crippen LogP contribution in [-0.2, 0) is 19.2 Å². The lowest BCUT2D eigenvalue weighted by molar-refractivity contribution is -0.143. The van der Waals surface area contributed by atoms with Gasteiger partial charge in [0.2, 0.25) is 17.7 Å². The van der Waals surface area contributed by atoms with Crippen molar-refractivity contribution < 1.29 is 24.3 Å². The minimum atomic E-state index is -1.38. The molecule has 0 spiro atoms. The predicted molar refractivity (Wildman–Crippen MR) is 52.1 cm³/mol. The normalized spacial score (nSPS) is 11.3. The summed E-state index contributed by atoms with van der Waals surface area (Å²) in [6, 6.07) is -1.38. The molecule has 0 radical (unpaired) electrons. The molecule has 0 aromatic rings. The van der Waals surface area contributed by atoms with Crippen LogP contribution in [0.3, 0.4) is 0 Å². The molecule has 90 valence electrons. The van der Waals surface area contributed by atoms with Gasteiger partial charge in [-0.05, 0) is 0 Å². The smallest absolute Gasteiger partial charge is 0.326 e. The lowest BCUT2D eigenvalue weighted by Crippen LogP contribution is -2.46. The summed E-state index contributed by atoms with van der Waals surface area (Å²) in [4.78, 5) is 42.7. The Labute approximate surface area is 91.2 Å². The molecule has 0 saturated heterocycles. The van der Waals surface area contributed by atoms with Gasteiger partial charge in [0.05, 0.1) is 13.0 Å².